The van der Waals surface area contributed by atoms with Crippen LogP contribution in [-0.2, 0) is 13.0 Å². The van der Waals surface area contributed by atoms with Gasteiger partial charge < -0.3 is 5.73 Å². The van der Waals surface area contributed by atoms with E-state index in [1.165, 1.54) is 75.6 Å². The molecule has 0 aliphatic carbocycles. The van der Waals surface area contributed by atoms with Gasteiger partial charge in [0, 0.05) is 18.8 Å². The molecule has 0 spiro atoms. The van der Waals surface area contributed by atoms with Crippen LogP contribution in [0.1, 0.15) is 69.4 Å². The minimum absolute atomic E-state index is 0.985. The third kappa shape index (κ3) is 5.35. The second-order valence-corrected chi connectivity index (χ2v) is 6.49. The predicted octanol–water partition coefficient (Wildman–Crippen LogP) is 4.77. The zero-order valence-electron chi connectivity index (χ0n) is 13.7. The number of hydrogen-bond acceptors (Lipinski definition) is 2. The molecule has 0 bridgehead atoms. The molecular formula is C19H32N2. The van der Waals surface area contributed by atoms with E-state index in [4.69, 9.17) is 5.73 Å². The standard InChI is InChI=1S/C19H32N2/c1-2-3-4-5-6-7-8-9-14-21-15-13-18-17(16-21)11-10-12-19(18)20/h10-12H,2-9,13-16,20H2,1H3. The summed E-state index contributed by atoms with van der Waals surface area (Å²) in [5.41, 5.74) is 9.88. The number of nitrogen functional groups attached to an aromatic ring is 1. The molecule has 0 fully saturated rings. The number of anilines is 1. The van der Waals surface area contributed by atoms with Gasteiger partial charge >= 0.3 is 0 Å². The average molecular weight is 288 g/mol. The lowest BCUT2D eigenvalue weighted by molar-refractivity contribution is 0.248. The number of benzene rings is 1. The fourth-order valence-electron chi connectivity index (χ4n) is 3.36. The topological polar surface area (TPSA) is 29.3 Å². The molecule has 2 rings (SSSR count). The zero-order chi connectivity index (χ0) is 14.9. The van der Waals surface area contributed by atoms with Crippen molar-refractivity contribution < 1.29 is 0 Å². The Hall–Kier alpha value is -1.02. The number of rotatable bonds is 9. The van der Waals surface area contributed by atoms with Gasteiger partial charge in [-0.15, -0.1) is 0 Å². The van der Waals surface area contributed by atoms with Crippen LogP contribution in [-0.4, -0.2) is 18.0 Å². The lowest BCUT2D eigenvalue weighted by atomic mass is 9.98. The van der Waals surface area contributed by atoms with Crippen molar-refractivity contribution in [2.75, 3.05) is 18.8 Å². The van der Waals surface area contributed by atoms with Crippen LogP contribution in [0.15, 0.2) is 18.2 Å². The normalized spacial score (nSPS) is 15.1. The summed E-state index contributed by atoms with van der Waals surface area (Å²) < 4.78 is 0. The van der Waals surface area contributed by atoms with Crippen molar-refractivity contribution in [1.29, 1.82) is 0 Å². The molecule has 1 aromatic carbocycles. The number of hydrogen-bond donors (Lipinski definition) is 1. The van der Waals surface area contributed by atoms with Crippen LogP contribution in [0.2, 0.25) is 0 Å². The second-order valence-electron chi connectivity index (χ2n) is 6.49. The summed E-state index contributed by atoms with van der Waals surface area (Å²) in [5.74, 6) is 0. The lowest BCUT2D eigenvalue weighted by Crippen LogP contribution is -2.31. The fourth-order valence-corrected chi connectivity index (χ4v) is 3.36. The first-order valence-corrected chi connectivity index (χ1v) is 8.90. The van der Waals surface area contributed by atoms with Gasteiger partial charge in [-0.25, -0.2) is 0 Å². The van der Waals surface area contributed by atoms with E-state index in [-0.39, 0.29) is 0 Å². The van der Waals surface area contributed by atoms with Crippen molar-refractivity contribution in [2.24, 2.45) is 0 Å². The van der Waals surface area contributed by atoms with E-state index in [0.29, 0.717) is 0 Å². The van der Waals surface area contributed by atoms with E-state index in [9.17, 15) is 0 Å². The van der Waals surface area contributed by atoms with Crippen LogP contribution >= 0.6 is 0 Å². The molecule has 0 saturated heterocycles. The molecule has 0 saturated carbocycles. The zero-order valence-corrected chi connectivity index (χ0v) is 13.7. The molecule has 0 amide bonds. The predicted molar refractivity (Wildman–Crippen MR) is 92.4 cm³/mol. The molecule has 0 radical (unpaired) electrons. The molecule has 1 heterocycles. The highest BCUT2D eigenvalue weighted by molar-refractivity contribution is 5.51. The largest absolute Gasteiger partial charge is 0.398 e. The minimum Gasteiger partial charge on any atom is -0.398 e. The Morgan fingerprint density at radius 3 is 2.48 bits per heavy atom. The van der Waals surface area contributed by atoms with Crippen LogP contribution < -0.4 is 5.73 Å². The van der Waals surface area contributed by atoms with Crippen molar-refractivity contribution in [1.82, 2.24) is 4.90 Å². The average Bonchev–Trinajstić information content (AvgIpc) is 2.50. The van der Waals surface area contributed by atoms with Crippen LogP contribution in [0.4, 0.5) is 5.69 Å². The van der Waals surface area contributed by atoms with E-state index in [1.807, 2.05) is 6.07 Å². The smallest absolute Gasteiger partial charge is 0.0350 e. The summed E-state index contributed by atoms with van der Waals surface area (Å²) in [6.07, 6.45) is 12.3. The van der Waals surface area contributed by atoms with E-state index in [1.54, 1.807) is 0 Å². The minimum atomic E-state index is 0.985. The molecule has 0 aromatic heterocycles. The summed E-state index contributed by atoms with van der Waals surface area (Å²) >= 11 is 0. The van der Waals surface area contributed by atoms with Gasteiger partial charge in [-0.05, 0) is 36.6 Å². The Labute approximate surface area is 130 Å². The van der Waals surface area contributed by atoms with Gasteiger partial charge in [0.05, 0.1) is 0 Å². The maximum Gasteiger partial charge on any atom is 0.0350 e. The van der Waals surface area contributed by atoms with Crippen LogP contribution in [0.3, 0.4) is 0 Å². The number of unbranched alkanes of at least 4 members (excludes halogenated alkanes) is 7. The highest BCUT2D eigenvalue weighted by atomic mass is 15.1. The Morgan fingerprint density at radius 1 is 1.00 bits per heavy atom. The maximum absolute atomic E-state index is 6.06. The number of nitrogens with two attached hydrogens (primary N) is 1. The third-order valence-corrected chi connectivity index (χ3v) is 4.71. The molecule has 118 valence electrons. The van der Waals surface area contributed by atoms with Gasteiger partial charge in [0.25, 0.3) is 0 Å². The Balaban J connectivity index is 1.58. The highest BCUT2D eigenvalue weighted by Gasteiger charge is 2.16. The molecule has 1 aromatic rings. The molecule has 0 atom stereocenters. The van der Waals surface area contributed by atoms with Crippen molar-refractivity contribution in [3.8, 4) is 0 Å². The van der Waals surface area contributed by atoms with Gasteiger partial charge in [-0.3, -0.25) is 4.90 Å². The first kappa shape index (κ1) is 16.4. The monoisotopic (exact) mass is 288 g/mol. The molecule has 2 heteroatoms. The second kappa shape index (κ2) is 9.09. The summed E-state index contributed by atoms with van der Waals surface area (Å²) in [6.45, 7) is 5.81. The first-order chi connectivity index (χ1) is 10.3. The van der Waals surface area contributed by atoms with Gasteiger partial charge in [0.2, 0.25) is 0 Å². The van der Waals surface area contributed by atoms with Crippen molar-refractivity contribution in [3.63, 3.8) is 0 Å². The van der Waals surface area contributed by atoms with Gasteiger partial charge in [0.1, 0.15) is 0 Å². The number of nitrogens with zero attached hydrogens (tertiary/aromatic N) is 1. The van der Waals surface area contributed by atoms with Crippen LogP contribution in [0, 0.1) is 0 Å². The molecule has 1 aliphatic rings. The molecule has 2 nitrogen and oxygen atoms in total. The highest BCUT2D eigenvalue weighted by Crippen LogP contribution is 2.24. The van der Waals surface area contributed by atoms with Crippen molar-refractivity contribution in [2.45, 2.75) is 71.3 Å². The van der Waals surface area contributed by atoms with E-state index in [2.05, 4.69) is 24.0 Å². The van der Waals surface area contributed by atoms with Crippen molar-refractivity contribution >= 4 is 5.69 Å². The summed E-state index contributed by atoms with van der Waals surface area (Å²) in [5, 5.41) is 0. The van der Waals surface area contributed by atoms with E-state index in [0.717, 1.165) is 18.7 Å². The maximum atomic E-state index is 6.06. The molecule has 1 aliphatic heterocycles. The summed E-state index contributed by atoms with van der Waals surface area (Å²) in [4.78, 5) is 2.60. The van der Waals surface area contributed by atoms with Crippen LogP contribution in [0.5, 0.6) is 0 Å². The van der Waals surface area contributed by atoms with Crippen molar-refractivity contribution in [3.05, 3.63) is 29.3 Å². The van der Waals surface area contributed by atoms with Gasteiger partial charge in [0.15, 0.2) is 0 Å². The van der Waals surface area contributed by atoms with Gasteiger partial charge in [-0.1, -0.05) is 64.0 Å². The molecule has 2 N–H and O–H groups in total. The number of fused-ring (bicyclic) bond motifs is 1. The Bertz CT molecular complexity index is 414. The van der Waals surface area contributed by atoms with Crippen LogP contribution in [0.25, 0.3) is 0 Å². The van der Waals surface area contributed by atoms with E-state index >= 15 is 0 Å². The third-order valence-electron chi connectivity index (χ3n) is 4.71. The fraction of sp³-hybridized carbons (Fsp3) is 0.684. The lowest BCUT2D eigenvalue weighted by Gasteiger charge is -2.29. The Kier molecular flexibility index (Phi) is 7.08. The Morgan fingerprint density at radius 2 is 1.71 bits per heavy atom. The molecule has 21 heavy (non-hydrogen) atoms. The molecular weight excluding hydrogens is 256 g/mol. The van der Waals surface area contributed by atoms with Gasteiger partial charge in [-0.2, -0.15) is 0 Å². The summed E-state index contributed by atoms with van der Waals surface area (Å²) in [7, 11) is 0. The molecule has 0 unspecified atom stereocenters. The van der Waals surface area contributed by atoms with E-state index < -0.39 is 0 Å². The SMILES string of the molecule is CCCCCCCCCCN1CCc2c(N)cccc2C1. The quantitative estimate of drug-likeness (QED) is 0.524. The first-order valence-electron chi connectivity index (χ1n) is 8.90. The summed E-state index contributed by atoms with van der Waals surface area (Å²) in [6, 6.07) is 6.37.